The average molecular weight is 293 g/mol. The smallest absolute Gasteiger partial charge is 0.307 e. The summed E-state index contributed by atoms with van der Waals surface area (Å²) in [5.41, 5.74) is 0. The number of aliphatic carboxylic acids is 1. The molecule has 0 heterocycles. The van der Waals surface area contributed by atoms with E-state index in [0.717, 1.165) is 18.2 Å². The Morgan fingerprint density at radius 1 is 1.37 bits per heavy atom. The molecule has 0 bridgehead atoms. The number of hydrogen-bond donors (Lipinski definition) is 2. The van der Waals surface area contributed by atoms with Gasteiger partial charge in [0.1, 0.15) is 11.6 Å². The van der Waals surface area contributed by atoms with Gasteiger partial charge in [-0.25, -0.2) is 21.9 Å². The summed E-state index contributed by atoms with van der Waals surface area (Å²) in [7, 11) is -4.42. The largest absolute Gasteiger partial charge is 0.481 e. The molecule has 19 heavy (non-hydrogen) atoms. The van der Waals surface area contributed by atoms with Crippen LogP contribution in [0, 0.1) is 17.6 Å². The zero-order chi connectivity index (χ0) is 14.6. The van der Waals surface area contributed by atoms with Crippen molar-refractivity contribution in [1.82, 2.24) is 4.72 Å². The molecule has 8 heteroatoms. The van der Waals surface area contributed by atoms with Crippen LogP contribution in [0.4, 0.5) is 8.78 Å². The van der Waals surface area contributed by atoms with Gasteiger partial charge < -0.3 is 5.11 Å². The van der Waals surface area contributed by atoms with Gasteiger partial charge in [-0.1, -0.05) is 13.0 Å². The van der Waals surface area contributed by atoms with Gasteiger partial charge in [-0.05, 0) is 18.6 Å². The second-order valence-corrected chi connectivity index (χ2v) is 5.55. The molecule has 0 aliphatic rings. The molecule has 0 aliphatic heterocycles. The SMILES string of the molecule is CCC(CNS(=O)(=O)c1c(F)cccc1F)C(=O)O. The lowest BCUT2D eigenvalue weighted by Crippen LogP contribution is -2.33. The molecular formula is C11H13F2NO4S. The molecule has 1 atom stereocenters. The molecule has 0 amide bonds. The van der Waals surface area contributed by atoms with Gasteiger partial charge in [-0.3, -0.25) is 4.79 Å². The molecule has 0 fully saturated rings. The predicted molar refractivity (Wildman–Crippen MR) is 63.0 cm³/mol. The van der Waals surface area contributed by atoms with Crippen molar-refractivity contribution in [2.24, 2.45) is 5.92 Å². The van der Waals surface area contributed by atoms with E-state index < -0.39 is 45.0 Å². The van der Waals surface area contributed by atoms with Crippen molar-refractivity contribution in [3.63, 3.8) is 0 Å². The lowest BCUT2D eigenvalue weighted by Gasteiger charge is -2.12. The molecule has 0 saturated carbocycles. The Morgan fingerprint density at radius 3 is 2.32 bits per heavy atom. The van der Waals surface area contributed by atoms with Crippen molar-refractivity contribution in [2.45, 2.75) is 18.2 Å². The van der Waals surface area contributed by atoms with E-state index in [0.29, 0.717) is 0 Å². The fourth-order valence-electron chi connectivity index (χ4n) is 1.43. The zero-order valence-corrected chi connectivity index (χ0v) is 10.9. The maximum atomic E-state index is 13.3. The summed E-state index contributed by atoms with van der Waals surface area (Å²) in [5, 5.41) is 8.77. The van der Waals surface area contributed by atoms with Crippen molar-refractivity contribution in [3.8, 4) is 0 Å². The number of benzene rings is 1. The van der Waals surface area contributed by atoms with Gasteiger partial charge in [0, 0.05) is 6.54 Å². The molecule has 1 rings (SSSR count). The van der Waals surface area contributed by atoms with E-state index in [2.05, 4.69) is 0 Å². The molecule has 5 nitrogen and oxygen atoms in total. The quantitative estimate of drug-likeness (QED) is 0.829. The number of carboxylic acids is 1. The second kappa shape index (κ2) is 6.07. The Kier molecular flexibility index (Phi) is 4.96. The van der Waals surface area contributed by atoms with Crippen molar-refractivity contribution in [2.75, 3.05) is 6.54 Å². The van der Waals surface area contributed by atoms with Crippen LogP contribution < -0.4 is 4.72 Å². The first-order chi connectivity index (χ1) is 8.79. The molecule has 1 unspecified atom stereocenters. The minimum Gasteiger partial charge on any atom is -0.481 e. The maximum Gasteiger partial charge on any atom is 0.307 e. The van der Waals surface area contributed by atoms with Crippen LogP contribution >= 0.6 is 0 Å². The van der Waals surface area contributed by atoms with Gasteiger partial charge in [0.2, 0.25) is 10.0 Å². The highest BCUT2D eigenvalue weighted by Crippen LogP contribution is 2.18. The second-order valence-electron chi connectivity index (χ2n) is 3.85. The van der Waals surface area contributed by atoms with Crippen LogP contribution in [0.2, 0.25) is 0 Å². The Bertz CT molecular complexity index is 554. The molecule has 0 aliphatic carbocycles. The van der Waals surface area contributed by atoms with E-state index in [9.17, 15) is 22.0 Å². The summed E-state index contributed by atoms with van der Waals surface area (Å²) in [5.74, 6) is -4.59. The van der Waals surface area contributed by atoms with E-state index in [-0.39, 0.29) is 6.42 Å². The highest BCUT2D eigenvalue weighted by molar-refractivity contribution is 7.89. The molecule has 0 saturated heterocycles. The molecule has 106 valence electrons. The van der Waals surface area contributed by atoms with Gasteiger partial charge in [-0.2, -0.15) is 0 Å². The van der Waals surface area contributed by atoms with Crippen molar-refractivity contribution >= 4 is 16.0 Å². The first-order valence-electron chi connectivity index (χ1n) is 5.46. The Hall–Kier alpha value is -1.54. The minimum absolute atomic E-state index is 0.192. The van der Waals surface area contributed by atoms with Crippen LogP contribution in [-0.4, -0.2) is 26.0 Å². The number of carbonyl (C=O) groups is 1. The summed E-state index contributed by atoms with van der Waals surface area (Å²) in [6, 6.07) is 2.66. The van der Waals surface area contributed by atoms with Gasteiger partial charge >= 0.3 is 5.97 Å². The number of sulfonamides is 1. The van der Waals surface area contributed by atoms with Crippen molar-refractivity contribution in [1.29, 1.82) is 0 Å². The zero-order valence-electron chi connectivity index (χ0n) is 10.1. The van der Waals surface area contributed by atoms with E-state index in [1.807, 2.05) is 4.72 Å². The third-order valence-electron chi connectivity index (χ3n) is 2.55. The molecule has 0 spiro atoms. The normalized spacial score (nSPS) is 13.2. The van der Waals surface area contributed by atoms with Crippen LogP contribution in [0.15, 0.2) is 23.1 Å². The van der Waals surface area contributed by atoms with Crippen LogP contribution in [0.25, 0.3) is 0 Å². The van der Waals surface area contributed by atoms with E-state index in [4.69, 9.17) is 5.11 Å². The third-order valence-corrected chi connectivity index (χ3v) is 4.02. The third kappa shape index (κ3) is 3.71. The Morgan fingerprint density at radius 2 is 1.89 bits per heavy atom. The van der Waals surface area contributed by atoms with Crippen molar-refractivity contribution in [3.05, 3.63) is 29.8 Å². The van der Waals surface area contributed by atoms with Gasteiger partial charge in [0.05, 0.1) is 5.92 Å². The highest BCUT2D eigenvalue weighted by atomic mass is 32.2. The molecule has 1 aromatic rings. The Labute approximate surface area is 109 Å². The lowest BCUT2D eigenvalue weighted by atomic mass is 10.1. The fourth-order valence-corrected chi connectivity index (χ4v) is 2.64. The Balaban J connectivity index is 2.97. The number of nitrogens with one attached hydrogen (secondary N) is 1. The van der Waals surface area contributed by atoms with Gasteiger partial charge in [0.15, 0.2) is 4.90 Å². The van der Waals surface area contributed by atoms with Gasteiger partial charge in [0.25, 0.3) is 0 Å². The average Bonchev–Trinajstić information content (AvgIpc) is 2.28. The number of hydrogen-bond acceptors (Lipinski definition) is 3. The predicted octanol–water partition coefficient (Wildman–Crippen LogP) is 1.35. The van der Waals surface area contributed by atoms with Crippen LogP contribution in [0.1, 0.15) is 13.3 Å². The lowest BCUT2D eigenvalue weighted by molar-refractivity contribution is -0.141. The summed E-state index contributed by atoms with van der Waals surface area (Å²) >= 11 is 0. The van der Waals surface area contributed by atoms with Gasteiger partial charge in [-0.15, -0.1) is 0 Å². The summed E-state index contributed by atoms with van der Waals surface area (Å²) < 4.78 is 52.0. The molecule has 0 aromatic heterocycles. The number of halogens is 2. The first-order valence-corrected chi connectivity index (χ1v) is 6.94. The number of rotatable bonds is 6. The van der Waals surface area contributed by atoms with E-state index in [1.165, 1.54) is 0 Å². The molecule has 2 N–H and O–H groups in total. The summed E-state index contributed by atoms with van der Waals surface area (Å²) in [6.07, 6.45) is 0.192. The molecular weight excluding hydrogens is 280 g/mol. The standard InChI is InChI=1S/C11H13F2NO4S/c1-2-7(11(15)16)6-14-19(17,18)10-8(12)4-3-5-9(10)13/h3-5,7,14H,2,6H2,1H3,(H,15,16). The monoisotopic (exact) mass is 293 g/mol. The summed E-state index contributed by atoms with van der Waals surface area (Å²) in [4.78, 5) is 9.63. The van der Waals surface area contributed by atoms with Crippen LogP contribution in [0.3, 0.4) is 0 Å². The first kappa shape index (κ1) is 15.5. The van der Waals surface area contributed by atoms with Crippen LogP contribution in [0.5, 0.6) is 0 Å². The summed E-state index contributed by atoms with van der Waals surface area (Å²) in [6.45, 7) is 1.14. The maximum absolute atomic E-state index is 13.3. The minimum atomic E-state index is -4.42. The number of carboxylic acid groups (broad SMARTS) is 1. The van der Waals surface area contributed by atoms with Crippen LogP contribution in [-0.2, 0) is 14.8 Å². The fraction of sp³-hybridized carbons (Fsp3) is 0.364. The van der Waals surface area contributed by atoms with E-state index >= 15 is 0 Å². The van der Waals surface area contributed by atoms with E-state index in [1.54, 1.807) is 6.92 Å². The highest BCUT2D eigenvalue weighted by Gasteiger charge is 2.25. The molecule has 1 aromatic carbocycles. The van der Waals surface area contributed by atoms with Crippen molar-refractivity contribution < 1.29 is 27.1 Å². The topological polar surface area (TPSA) is 83.5 Å². The molecule has 0 radical (unpaired) electrons.